The van der Waals surface area contributed by atoms with E-state index in [1.54, 1.807) is 22.9 Å². The van der Waals surface area contributed by atoms with E-state index in [0.29, 0.717) is 10.0 Å². The van der Waals surface area contributed by atoms with Crippen LogP contribution in [0.5, 0.6) is 0 Å². The van der Waals surface area contributed by atoms with Gasteiger partial charge in [-0.05, 0) is 40.0 Å². The maximum Gasteiger partial charge on any atom is 0.359 e. The van der Waals surface area contributed by atoms with E-state index in [9.17, 15) is 4.79 Å². The minimum atomic E-state index is -0.501. The van der Waals surface area contributed by atoms with Gasteiger partial charge in [-0.2, -0.15) is 10.4 Å². The van der Waals surface area contributed by atoms with Gasteiger partial charge in [0.15, 0.2) is 5.69 Å². The normalized spacial score (nSPS) is 10.5. The van der Waals surface area contributed by atoms with Crippen molar-refractivity contribution in [2.24, 2.45) is 0 Å². The van der Waals surface area contributed by atoms with Gasteiger partial charge >= 0.3 is 5.97 Å². The van der Waals surface area contributed by atoms with Crippen molar-refractivity contribution in [3.05, 3.63) is 45.7 Å². The van der Waals surface area contributed by atoms with Gasteiger partial charge in [-0.25, -0.2) is 9.48 Å². The smallest absolute Gasteiger partial charge is 0.359 e. The number of carbonyl (C=O) groups excluding carboxylic acids is 1. The van der Waals surface area contributed by atoms with Gasteiger partial charge in [0, 0.05) is 0 Å². The minimum Gasteiger partial charge on any atom is -0.464 e. The molecule has 5 nitrogen and oxygen atoms in total. The van der Waals surface area contributed by atoms with Gasteiger partial charge in [0.1, 0.15) is 0 Å². The molecule has 0 spiro atoms. The summed E-state index contributed by atoms with van der Waals surface area (Å²) >= 11 is 3.43. The van der Waals surface area contributed by atoms with E-state index in [1.165, 1.54) is 7.11 Å². The number of esters is 1. The molecule has 2 aromatic rings. The van der Waals surface area contributed by atoms with Crippen molar-refractivity contribution in [2.75, 3.05) is 7.11 Å². The molecular formula is C15H14BrN3O2. The van der Waals surface area contributed by atoms with Crippen molar-refractivity contribution in [3.8, 4) is 11.8 Å². The van der Waals surface area contributed by atoms with Crippen LogP contribution in [-0.2, 0) is 4.74 Å². The molecule has 0 bridgehead atoms. The van der Waals surface area contributed by atoms with Crippen molar-refractivity contribution in [1.29, 1.82) is 5.26 Å². The zero-order valence-corrected chi connectivity index (χ0v) is 13.5. The van der Waals surface area contributed by atoms with E-state index < -0.39 is 5.97 Å². The lowest BCUT2D eigenvalue weighted by Crippen LogP contribution is -2.06. The molecule has 6 heteroatoms. The van der Waals surface area contributed by atoms with Gasteiger partial charge in [0.2, 0.25) is 0 Å². The van der Waals surface area contributed by atoms with Gasteiger partial charge in [0.05, 0.1) is 34.6 Å². The highest BCUT2D eigenvalue weighted by atomic mass is 79.9. The Morgan fingerprint density at radius 2 is 2.19 bits per heavy atom. The van der Waals surface area contributed by atoms with Crippen LogP contribution in [0.25, 0.3) is 5.69 Å². The van der Waals surface area contributed by atoms with Crippen molar-refractivity contribution in [1.82, 2.24) is 9.78 Å². The van der Waals surface area contributed by atoms with E-state index in [1.807, 2.05) is 19.9 Å². The number of rotatable bonds is 3. The number of aromatic nitrogens is 2. The first kappa shape index (κ1) is 15.3. The Labute approximate surface area is 131 Å². The summed E-state index contributed by atoms with van der Waals surface area (Å²) in [4.78, 5) is 11.8. The molecule has 0 aliphatic rings. The Hall–Kier alpha value is -2.13. The van der Waals surface area contributed by atoms with Crippen LogP contribution in [0.1, 0.15) is 41.5 Å². The van der Waals surface area contributed by atoms with Crippen molar-refractivity contribution >= 4 is 21.9 Å². The molecule has 0 unspecified atom stereocenters. The van der Waals surface area contributed by atoms with Crippen molar-refractivity contribution in [2.45, 2.75) is 19.8 Å². The van der Waals surface area contributed by atoms with E-state index in [4.69, 9.17) is 10.00 Å². The zero-order valence-electron chi connectivity index (χ0n) is 11.9. The van der Waals surface area contributed by atoms with Gasteiger partial charge in [0.25, 0.3) is 0 Å². The van der Waals surface area contributed by atoms with Crippen LogP contribution >= 0.6 is 15.9 Å². The third kappa shape index (κ3) is 2.83. The summed E-state index contributed by atoms with van der Waals surface area (Å²) in [5, 5.41) is 13.3. The van der Waals surface area contributed by atoms with E-state index in [-0.39, 0.29) is 11.6 Å². The Morgan fingerprint density at radius 1 is 1.48 bits per heavy atom. The predicted molar refractivity (Wildman–Crippen MR) is 81.4 cm³/mol. The van der Waals surface area contributed by atoms with Crippen LogP contribution < -0.4 is 0 Å². The van der Waals surface area contributed by atoms with Crippen molar-refractivity contribution < 1.29 is 9.53 Å². The molecule has 0 saturated heterocycles. The third-order valence-corrected chi connectivity index (χ3v) is 3.79. The zero-order chi connectivity index (χ0) is 15.6. The van der Waals surface area contributed by atoms with Gasteiger partial charge in [-0.15, -0.1) is 0 Å². The largest absolute Gasteiger partial charge is 0.464 e. The topological polar surface area (TPSA) is 67.9 Å². The molecule has 0 radical (unpaired) electrons. The summed E-state index contributed by atoms with van der Waals surface area (Å²) in [6.45, 7) is 4.01. The third-order valence-electron chi connectivity index (χ3n) is 3.01. The standard InChI is InChI=1S/C15H14BrN3O2/c1-9(2)14-12(16)13(15(20)21-3)18-19(14)11-6-4-5-10(7-11)8-17/h4-7,9H,1-3H3. The fourth-order valence-electron chi connectivity index (χ4n) is 2.04. The summed E-state index contributed by atoms with van der Waals surface area (Å²) in [6, 6.07) is 9.17. The molecule has 1 aromatic carbocycles. The number of hydrogen-bond acceptors (Lipinski definition) is 4. The molecule has 0 aliphatic heterocycles. The number of ether oxygens (including phenoxy) is 1. The molecule has 0 aliphatic carbocycles. The number of benzene rings is 1. The minimum absolute atomic E-state index is 0.135. The first-order valence-electron chi connectivity index (χ1n) is 6.36. The van der Waals surface area contributed by atoms with Gasteiger partial charge in [-0.3, -0.25) is 0 Å². The molecule has 0 saturated carbocycles. The molecule has 0 fully saturated rings. The lowest BCUT2D eigenvalue weighted by atomic mass is 10.1. The second-order valence-electron chi connectivity index (χ2n) is 4.77. The number of halogens is 1. The fourth-order valence-corrected chi connectivity index (χ4v) is 2.91. The summed E-state index contributed by atoms with van der Waals surface area (Å²) in [7, 11) is 1.32. The highest BCUT2D eigenvalue weighted by Gasteiger charge is 2.24. The second-order valence-corrected chi connectivity index (χ2v) is 5.56. The Morgan fingerprint density at radius 3 is 2.76 bits per heavy atom. The Balaban J connectivity index is 2.67. The highest BCUT2D eigenvalue weighted by molar-refractivity contribution is 9.10. The molecular weight excluding hydrogens is 334 g/mol. The SMILES string of the molecule is COC(=O)c1nn(-c2cccc(C#N)c2)c(C(C)C)c1Br. The molecule has 1 heterocycles. The maximum atomic E-state index is 11.8. The molecule has 108 valence electrons. The monoisotopic (exact) mass is 347 g/mol. The quantitative estimate of drug-likeness (QED) is 0.797. The summed E-state index contributed by atoms with van der Waals surface area (Å²) in [6.07, 6.45) is 0. The number of carbonyl (C=O) groups is 1. The number of methoxy groups -OCH3 is 1. The fraction of sp³-hybridized carbons (Fsp3) is 0.267. The lowest BCUT2D eigenvalue weighted by Gasteiger charge is -2.10. The average Bonchev–Trinajstić information content (AvgIpc) is 2.84. The lowest BCUT2D eigenvalue weighted by molar-refractivity contribution is 0.0592. The summed E-state index contributed by atoms with van der Waals surface area (Å²) in [5.74, 6) is -0.366. The molecule has 0 atom stereocenters. The van der Waals surface area contributed by atoms with Crippen LogP contribution in [0.2, 0.25) is 0 Å². The highest BCUT2D eigenvalue weighted by Crippen LogP contribution is 2.30. The van der Waals surface area contributed by atoms with Crippen LogP contribution in [0.4, 0.5) is 0 Å². The van der Waals surface area contributed by atoms with E-state index in [2.05, 4.69) is 27.1 Å². The van der Waals surface area contributed by atoms with Crippen LogP contribution in [-0.4, -0.2) is 22.9 Å². The van der Waals surface area contributed by atoms with Gasteiger partial charge in [-0.1, -0.05) is 19.9 Å². The maximum absolute atomic E-state index is 11.8. The first-order valence-corrected chi connectivity index (χ1v) is 7.16. The second kappa shape index (κ2) is 6.10. The molecule has 1 aromatic heterocycles. The predicted octanol–water partition coefficient (Wildman–Crippen LogP) is 3.42. The van der Waals surface area contributed by atoms with E-state index >= 15 is 0 Å². The van der Waals surface area contributed by atoms with Crippen LogP contribution in [0.3, 0.4) is 0 Å². The Kier molecular flexibility index (Phi) is 4.43. The molecule has 21 heavy (non-hydrogen) atoms. The van der Waals surface area contributed by atoms with Crippen molar-refractivity contribution in [3.63, 3.8) is 0 Å². The van der Waals surface area contributed by atoms with Gasteiger partial charge < -0.3 is 4.74 Å². The number of hydrogen-bond donors (Lipinski definition) is 0. The molecule has 0 amide bonds. The number of nitriles is 1. The number of nitrogens with zero attached hydrogens (tertiary/aromatic N) is 3. The van der Waals surface area contributed by atoms with E-state index in [0.717, 1.165) is 11.4 Å². The van der Waals surface area contributed by atoms with Crippen LogP contribution in [0, 0.1) is 11.3 Å². The molecule has 2 rings (SSSR count). The summed E-state index contributed by atoms with van der Waals surface area (Å²) < 4.78 is 7.03. The Bertz CT molecular complexity index is 729. The summed E-state index contributed by atoms with van der Waals surface area (Å²) in [5.41, 5.74) is 2.34. The molecule has 0 N–H and O–H groups in total. The van der Waals surface area contributed by atoms with Crippen LogP contribution in [0.15, 0.2) is 28.7 Å². The average molecular weight is 348 g/mol. The first-order chi connectivity index (χ1) is 9.99.